The highest BCUT2D eigenvalue weighted by molar-refractivity contribution is 5.76. The summed E-state index contributed by atoms with van der Waals surface area (Å²) in [6.07, 6.45) is 72.8. The van der Waals surface area contributed by atoms with Gasteiger partial charge in [0, 0.05) is 12.8 Å². The Balaban J connectivity index is 3.51. The molecule has 3 N–H and O–H groups in total. The van der Waals surface area contributed by atoms with Crippen molar-refractivity contribution in [2.45, 2.75) is 321 Å². The van der Waals surface area contributed by atoms with Crippen molar-refractivity contribution < 1.29 is 24.5 Å². The number of unbranched alkanes of at least 4 members (excludes halogenated alkanes) is 38. The maximum atomic E-state index is 12.5. The number of allylic oxidation sites excluding steroid dienone is 7. The van der Waals surface area contributed by atoms with Crippen LogP contribution in [0, 0.1) is 0 Å². The van der Waals surface area contributed by atoms with Crippen molar-refractivity contribution in [2.24, 2.45) is 0 Å². The van der Waals surface area contributed by atoms with Gasteiger partial charge in [-0.05, 0) is 83.5 Å². The van der Waals surface area contributed by atoms with Gasteiger partial charge in [0.05, 0.1) is 25.4 Å². The third-order valence-electron chi connectivity index (χ3n) is 13.5. The molecule has 398 valence electrons. The Bertz CT molecular complexity index is 1150. The van der Waals surface area contributed by atoms with E-state index >= 15 is 0 Å². The van der Waals surface area contributed by atoms with Crippen molar-refractivity contribution in [1.82, 2.24) is 5.32 Å². The van der Waals surface area contributed by atoms with Gasteiger partial charge in [0.1, 0.15) is 0 Å². The Morgan fingerprint density at radius 1 is 0.412 bits per heavy atom. The van der Waals surface area contributed by atoms with Crippen LogP contribution in [0.1, 0.15) is 309 Å². The molecule has 0 aromatic carbocycles. The van der Waals surface area contributed by atoms with Gasteiger partial charge in [-0.3, -0.25) is 9.59 Å². The van der Waals surface area contributed by atoms with Crippen molar-refractivity contribution >= 4 is 11.9 Å². The molecular weight excluding hydrogens is 839 g/mol. The number of hydrogen-bond acceptors (Lipinski definition) is 5. The predicted octanol–water partition coefficient (Wildman–Crippen LogP) is 18.6. The van der Waals surface area contributed by atoms with E-state index in [1.807, 2.05) is 6.08 Å². The number of nitrogens with one attached hydrogen (secondary N) is 1. The summed E-state index contributed by atoms with van der Waals surface area (Å²) in [4.78, 5) is 24.5. The molecule has 2 atom stereocenters. The smallest absolute Gasteiger partial charge is 0.305 e. The molecule has 68 heavy (non-hydrogen) atoms. The van der Waals surface area contributed by atoms with E-state index in [-0.39, 0.29) is 18.5 Å². The van der Waals surface area contributed by atoms with Crippen molar-refractivity contribution in [3.05, 3.63) is 48.6 Å². The van der Waals surface area contributed by atoms with Crippen LogP contribution < -0.4 is 5.32 Å². The van der Waals surface area contributed by atoms with Crippen LogP contribution in [-0.4, -0.2) is 47.4 Å². The number of carbonyl (C=O) groups excluding carboxylic acids is 2. The van der Waals surface area contributed by atoms with Gasteiger partial charge in [-0.25, -0.2) is 0 Å². The Kier molecular flexibility index (Phi) is 55.6. The summed E-state index contributed by atoms with van der Waals surface area (Å²) in [7, 11) is 0. The van der Waals surface area contributed by atoms with Gasteiger partial charge < -0.3 is 20.3 Å². The summed E-state index contributed by atoms with van der Waals surface area (Å²) in [6, 6.07) is -0.639. The lowest BCUT2D eigenvalue weighted by molar-refractivity contribution is -0.143. The monoisotopic (exact) mass is 954 g/mol. The molecule has 6 nitrogen and oxygen atoms in total. The maximum Gasteiger partial charge on any atom is 0.305 e. The second-order valence-electron chi connectivity index (χ2n) is 20.3. The molecule has 0 spiro atoms. The molecule has 0 saturated heterocycles. The molecule has 0 aliphatic heterocycles. The van der Waals surface area contributed by atoms with E-state index in [2.05, 4.69) is 55.6 Å². The van der Waals surface area contributed by atoms with E-state index < -0.39 is 12.1 Å². The summed E-state index contributed by atoms with van der Waals surface area (Å²) in [5.74, 6) is -0.0973. The lowest BCUT2D eigenvalue weighted by Crippen LogP contribution is -2.45. The Labute approximate surface area is 423 Å². The van der Waals surface area contributed by atoms with Crippen LogP contribution in [0.15, 0.2) is 48.6 Å². The molecule has 0 aliphatic carbocycles. The number of aliphatic hydroxyl groups is 2. The van der Waals surface area contributed by atoms with E-state index in [0.29, 0.717) is 19.4 Å². The van der Waals surface area contributed by atoms with Gasteiger partial charge in [-0.15, -0.1) is 0 Å². The van der Waals surface area contributed by atoms with Gasteiger partial charge in [-0.1, -0.05) is 262 Å². The normalized spacial score (nSPS) is 12.9. The van der Waals surface area contributed by atoms with Crippen LogP contribution in [0.25, 0.3) is 0 Å². The summed E-state index contributed by atoms with van der Waals surface area (Å²) in [5, 5.41) is 23.2. The molecule has 1 amide bonds. The number of esters is 1. The fourth-order valence-electron chi connectivity index (χ4n) is 8.96. The number of ether oxygens (including phenoxy) is 1. The number of aliphatic hydroxyl groups excluding tert-OH is 2. The summed E-state index contributed by atoms with van der Waals surface area (Å²) in [5.41, 5.74) is 0. The predicted molar refractivity (Wildman–Crippen MR) is 296 cm³/mol. The van der Waals surface area contributed by atoms with Gasteiger partial charge in [0.15, 0.2) is 0 Å². The van der Waals surface area contributed by atoms with Gasteiger partial charge >= 0.3 is 5.97 Å². The Morgan fingerprint density at radius 2 is 0.765 bits per heavy atom. The SMILES string of the molecule is CCC/C=C\C/C=C\CCCCCCCC(=O)OCCCCCCCC/C=C\CCCCCCCCCC(=O)NC(CO)C(O)/C=C/CCCCCCCCCCCCCCCCCCCCC. The van der Waals surface area contributed by atoms with Crippen molar-refractivity contribution in [3.63, 3.8) is 0 Å². The lowest BCUT2D eigenvalue weighted by atomic mass is 10.0. The molecule has 0 rings (SSSR count). The number of hydrogen-bond donors (Lipinski definition) is 3. The molecule has 0 heterocycles. The highest BCUT2D eigenvalue weighted by atomic mass is 16.5. The van der Waals surface area contributed by atoms with Crippen LogP contribution in [0.3, 0.4) is 0 Å². The minimum Gasteiger partial charge on any atom is -0.466 e. The molecule has 0 bridgehead atoms. The van der Waals surface area contributed by atoms with Crippen LogP contribution in [0.5, 0.6) is 0 Å². The molecule has 0 aromatic rings. The van der Waals surface area contributed by atoms with E-state index in [9.17, 15) is 19.8 Å². The van der Waals surface area contributed by atoms with Crippen LogP contribution in [0.2, 0.25) is 0 Å². The fourth-order valence-corrected chi connectivity index (χ4v) is 8.96. The quantitative estimate of drug-likeness (QED) is 0.0321. The average Bonchev–Trinajstić information content (AvgIpc) is 3.34. The highest BCUT2D eigenvalue weighted by Gasteiger charge is 2.18. The third-order valence-corrected chi connectivity index (χ3v) is 13.5. The zero-order chi connectivity index (χ0) is 49.3. The Hall–Kier alpha value is -2.18. The van der Waals surface area contributed by atoms with Gasteiger partial charge in [-0.2, -0.15) is 0 Å². The van der Waals surface area contributed by atoms with Crippen molar-refractivity contribution in [1.29, 1.82) is 0 Å². The molecule has 2 unspecified atom stereocenters. The van der Waals surface area contributed by atoms with Crippen molar-refractivity contribution in [2.75, 3.05) is 13.2 Å². The second-order valence-corrected chi connectivity index (χ2v) is 20.3. The standard InChI is InChI=1S/C62H115NO5/c1-3-5-7-9-11-13-15-17-18-19-20-21-22-24-27-31-34-38-42-46-50-54-60(65)59(58-64)63-61(66)55-51-47-43-39-35-32-28-25-23-26-29-33-37-41-45-49-53-57-68-62(67)56-52-48-44-40-36-30-16-14-12-10-8-6-4-2/h8,10,14,16,23,26,50,54,59-60,64-65H,3-7,9,11-13,15,17-22,24-25,27-49,51-53,55-58H2,1-2H3,(H,63,66)/b10-8-,16-14-,26-23-,54-50+. The van der Waals surface area contributed by atoms with E-state index in [0.717, 1.165) is 70.6 Å². The minimum absolute atomic E-state index is 0.0183. The van der Waals surface area contributed by atoms with E-state index in [4.69, 9.17) is 4.74 Å². The number of amides is 1. The first-order valence-corrected chi connectivity index (χ1v) is 29.9. The molecule has 0 saturated carbocycles. The summed E-state index contributed by atoms with van der Waals surface area (Å²) < 4.78 is 5.45. The fraction of sp³-hybridized carbons (Fsp3) is 0.839. The summed E-state index contributed by atoms with van der Waals surface area (Å²) >= 11 is 0. The molecule has 0 aromatic heterocycles. The first-order valence-electron chi connectivity index (χ1n) is 29.9. The Morgan fingerprint density at radius 3 is 1.19 bits per heavy atom. The zero-order valence-corrected chi connectivity index (χ0v) is 45.3. The topological polar surface area (TPSA) is 95.9 Å². The van der Waals surface area contributed by atoms with E-state index in [1.54, 1.807) is 6.08 Å². The van der Waals surface area contributed by atoms with Crippen LogP contribution >= 0.6 is 0 Å². The van der Waals surface area contributed by atoms with Gasteiger partial charge in [0.25, 0.3) is 0 Å². The second kappa shape index (κ2) is 57.4. The molecule has 0 radical (unpaired) electrons. The minimum atomic E-state index is -0.854. The van der Waals surface area contributed by atoms with Crippen LogP contribution in [0.4, 0.5) is 0 Å². The zero-order valence-electron chi connectivity index (χ0n) is 45.3. The number of carbonyl (C=O) groups is 2. The van der Waals surface area contributed by atoms with Crippen LogP contribution in [-0.2, 0) is 14.3 Å². The number of rotatable bonds is 55. The first-order chi connectivity index (χ1) is 33.5. The molecule has 0 aliphatic rings. The first kappa shape index (κ1) is 65.8. The van der Waals surface area contributed by atoms with E-state index in [1.165, 1.54) is 212 Å². The average molecular weight is 955 g/mol. The molecule has 6 heteroatoms. The lowest BCUT2D eigenvalue weighted by Gasteiger charge is -2.20. The highest BCUT2D eigenvalue weighted by Crippen LogP contribution is 2.16. The van der Waals surface area contributed by atoms with Gasteiger partial charge in [0.2, 0.25) is 5.91 Å². The molecular formula is C62H115NO5. The maximum absolute atomic E-state index is 12.5. The third kappa shape index (κ3) is 53.2. The van der Waals surface area contributed by atoms with Crippen molar-refractivity contribution in [3.8, 4) is 0 Å². The largest absolute Gasteiger partial charge is 0.466 e. The molecule has 0 fully saturated rings. The summed E-state index contributed by atoms with van der Waals surface area (Å²) in [6.45, 7) is 4.82.